The van der Waals surface area contributed by atoms with Gasteiger partial charge in [-0.3, -0.25) is 4.79 Å². The third kappa shape index (κ3) is 1.92. The van der Waals surface area contributed by atoms with Gasteiger partial charge in [-0.25, -0.2) is 4.79 Å². The Hall–Kier alpha value is -2.04. The fraction of sp³-hybridized carbons (Fsp3) is 0.385. The maximum Gasteiger partial charge on any atom is 0.379 e. The maximum atomic E-state index is 12.1. The lowest BCUT2D eigenvalue weighted by atomic mass is 9.98. The minimum absolute atomic E-state index is 0.0569. The van der Waals surface area contributed by atoms with Gasteiger partial charge in [0.2, 0.25) is 6.79 Å². The molecule has 0 radical (unpaired) electrons. The molecule has 18 heavy (non-hydrogen) atoms. The average Bonchev–Trinajstić information content (AvgIpc) is 2.77. The van der Waals surface area contributed by atoms with Gasteiger partial charge in [0.1, 0.15) is 0 Å². The van der Waals surface area contributed by atoms with Crippen LogP contribution in [-0.4, -0.2) is 25.2 Å². The molecule has 0 N–H and O–H groups in total. The van der Waals surface area contributed by atoms with E-state index in [1.165, 1.54) is 0 Å². The number of ketones is 1. The van der Waals surface area contributed by atoms with E-state index in [1.807, 2.05) is 6.92 Å². The third-order valence-corrected chi connectivity index (χ3v) is 2.87. The molecule has 0 unspecified atom stereocenters. The Labute approximate surface area is 105 Å². The summed E-state index contributed by atoms with van der Waals surface area (Å²) in [5.41, 5.74) is 1.81. The Morgan fingerprint density at radius 2 is 2.06 bits per heavy atom. The summed E-state index contributed by atoms with van der Waals surface area (Å²) in [4.78, 5) is 23.6. The van der Waals surface area contributed by atoms with Crippen molar-refractivity contribution < 1.29 is 23.8 Å². The lowest BCUT2D eigenvalue weighted by Crippen LogP contribution is -2.19. The largest absolute Gasteiger partial charge is 0.460 e. The van der Waals surface area contributed by atoms with Gasteiger partial charge < -0.3 is 14.2 Å². The van der Waals surface area contributed by atoms with Crippen LogP contribution in [0.15, 0.2) is 6.07 Å². The lowest BCUT2D eigenvalue weighted by molar-refractivity contribution is -0.137. The molecule has 2 rings (SSSR count). The number of rotatable bonds is 3. The summed E-state index contributed by atoms with van der Waals surface area (Å²) in [6.45, 7) is 5.48. The molecule has 0 spiro atoms. The number of benzene rings is 1. The number of carbonyl (C=O) groups is 2. The Kier molecular flexibility index (Phi) is 3.23. The van der Waals surface area contributed by atoms with E-state index in [4.69, 9.17) is 14.2 Å². The number of esters is 1. The average molecular weight is 250 g/mol. The van der Waals surface area contributed by atoms with Crippen LogP contribution in [0.25, 0.3) is 0 Å². The molecule has 0 atom stereocenters. The fourth-order valence-corrected chi connectivity index (χ4v) is 1.84. The van der Waals surface area contributed by atoms with E-state index in [0.717, 1.165) is 5.56 Å². The second-order valence-corrected chi connectivity index (χ2v) is 3.98. The number of hydrogen-bond donors (Lipinski definition) is 0. The van der Waals surface area contributed by atoms with Gasteiger partial charge in [0.25, 0.3) is 5.78 Å². The van der Waals surface area contributed by atoms with E-state index in [0.29, 0.717) is 17.1 Å². The van der Waals surface area contributed by atoms with E-state index < -0.39 is 11.8 Å². The highest BCUT2D eigenvalue weighted by Gasteiger charge is 2.30. The number of Topliss-reactive ketones (excluding diaryl/α,β-unsaturated/α-hetero) is 1. The standard InChI is InChI=1S/C13H14O5/c1-4-16-13(15)11(14)10-8(3)7(2)5-9-12(10)18-6-17-9/h5H,4,6H2,1-3H3. The number of ether oxygens (including phenoxy) is 3. The highest BCUT2D eigenvalue weighted by molar-refractivity contribution is 6.41. The molecule has 0 saturated carbocycles. The van der Waals surface area contributed by atoms with E-state index in [-0.39, 0.29) is 19.0 Å². The first-order valence-electron chi connectivity index (χ1n) is 5.67. The van der Waals surface area contributed by atoms with Gasteiger partial charge >= 0.3 is 5.97 Å². The monoisotopic (exact) mass is 250 g/mol. The van der Waals surface area contributed by atoms with Crippen LogP contribution in [-0.2, 0) is 9.53 Å². The van der Waals surface area contributed by atoms with Gasteiger partial charge in [-0.15, -0.1) is 0 Å². The third-order valence-electron chi connectivity index (χ3n) is 2.87. The first-order valence-corrected chi connectivity index (χ1v) is 5.67. The number of carbonyl (C=O) groups excluding carboxylic acids is 2. The van der Waals surface area contributed by atoms with Gasteiger partial charge in [-0.2, -0.15) is 0 Å². The predicted octanol–water partition coefficient (Wildman–Crippen LogP) is 1.78. The molecule has 5 heteroatoms. The molecule has 0 aromatic heterocycles. The van der Waals surface area contributed by atoms with Gasteiger partial charge in [0, 0.05) is 0 Å². The van der Waals surface area contributed by atoms with Gasteiger partial charge in [-0.1, -0.05) is 0 Å². The molecular weight excluding hydrogens is 236 g/mol. The second kappa shape index (κ2) is 4.68. The summed E-state index contributed by atoms with van der Waals surface area (Å²) in [5, 5.41) is 0. The molecule has 1 aliphatic rings. The van der Waals surface area contributed by atoms with Crippen LogP contribution in [0.1, 0.15) is 28.4 Å². The first-order chi connectivity index (χ1) is 8.56. The molecule has 0 bridgehead atoms. The van der Waals surface area contributed by atoms with E-state index in [1.54, 1.807) is 19.9 Å². The lowest BCUT2D eigenvalue weighted by Gasteiger charge is -2.10. The van der Waals surface area contributed by atoms with Crippen molar-refractivity contribution in [3.05, 3.63) is 22.8 Å². The summed E-state index contributed by atoms with van der Waals surface area (Å²) in [6.07, 6.45) is 0. The van der Waals surface area contributed by atoms with Crippen molar-refractivity contribution in [1.29, 1.82) is 0 Å². The summed E-state index contributed by atoms with van der Waals surface area (Å²) < 4.78 is 15.2. The summed E-state index contributed by atoms with van der Waals surface area (Å²) in [6, 6.07) is 1.79. The summed E-state index contributed by atoms with van der Waals surface area (Å²) >= 11 is 0. The van der Waals surface area contributed by atoms with Crippen molar-refractivity contribution in [3.63, 3.8) is 0 Å². The van der Waals surface area contributed by atoms with Crippen LogP contribution in [0, 0.1) is 13.8 Å². The van der Waals surface area contributed by atoms with Crippen LogP contribution < -0.4 is 9.47 Å². The zero-order valence-corrected chi connectivity index (χ0v) is 10.5. The Bertz CT molecular complexity index is 519. The zero-order valence-electron chi connectivity index (χ0n) is 10.5. The summed E-state index contributed by atoms with van der Waals surface area (Å²) in [5.74, 6) is -0.745. The van der Waals surface area contributed by atoms with Gasteiger partial charge in [0.05, 0.1) is 12.2 Å². The first kappa shape index (κ1) is 12.4. The molecule has 5 nitrogen and oxygen atoms in total. The highest BCUT2D eigenvalue weighted by atomic mass is 16.7. The van der Waals surface area contributed by atoms with Crippen molar-refractivity contribution in [3.8, 4) is 11.5 Å². The van der Waals surface area contributed by atoms with Crippen LogP contribution in [0.5, 0.6) is 11.5 Å². The molecule has 1 aromatic carbocycles. The molecule has 0 amide bonds. The molecule has 0 saturated heterocycles. The minimum Gasteiger partial charge on any atom is -0.460 e. The van der Waals surface area contributed by atoms with Crippen molar-refractivity contribution in [2.45, 2.75) is 20.8 Å². The van der Waals surface area contributed by atoms with Gasteiger partial charge in [-0.05, 0) is 38.0 Å². The van der Waals surface area contributed by atoms with E-state index >= 15 is 0 Å². The van der Waals surface area contributed by atoms with Crippen molar-refractivity contribution in [1.82, 2.24) is 0 Å². The molecule has 1 aromatic rings. The fourth-order valence-electron chi connectivity index (χ4n) is 1.84. The predicted molar refractivity (Wildman–Crippen MR) is 63.0 cm³/mol. The Morgan fingerprint density at radius 1 is 1.33 bits per heavy atom. The molecule has 1 aliphatic heterocycles. The van der Waals surface area contributed by atoms with Crippen molar-refractivity contribution >= 4 is 11.8 Å². The number of hydrogen-bond acceptors (Lipinski definition) is 5. The Balaban J connectivity index is 2.50. The van der Waals surface area contributed by atoms with Crippen LogP contribution in [0.4, 0.5) is 0 Å². The topological polar surface area (TPSA) is 61.8 Å². The Morgan fingerprint density at radius 3 is 2.72 bits per heavy atom. The SMILES string of the molecule is CCOC(=O)C(=O)c1c(C)c(C)cc2c1OCO2. The summed E-state index contributed by atoms with van der Waals surface area (Å²) in [7, 11) is 0. The van der Waals surface area contributed by atoms with Crippen molar-refractivity contribution in [2.75, 3.05) is 13.4 Å². The molecule has 0 fully saturated rings. The normalized spacial score (nSPS) is 12.4. The minimum atomic E-state index is -0.871. The van der Waals surface area contributed by atoms with E-state index in [9.17, 15) is 9.59 Å². The van der Waals surface area contributed by atoms with Crippen LogP contribution in [0.3, 0.4) is 0 Å². The van der Waals surface area contributed by atoms with Crippen LogP contribution in [0.2, 0.25) is 0 Å². The second-order valence-electron chi connectivity index (χ2n) is 3.98. The van der Waals surface area contributed by atoms with E-state index in [2.05, 4.69) is 0 Å². The quantitative estimate of drug-likeness (QED) is 0.465. The number of fused-ring (bicyclic) bond motifs is 1. The zero-order chi connectivity index (χ0) is 13.3. The smallest absolute Gasteiger partial charge is 0.379 e. The van der Waals surface area contributed by atoms with Crippen LogP contribution >= 0.6 is 0 Å². The maximum absolute atomic E-state index is 12.1. The molecule has 96 valence electrons. The molecule has 1 heterocycles. The van der Waals surface area contributed by atoms with Gasteiger partial charge in [0.15, 0.2) is 11.5 Å². The van der Waals surface area contributed by atoms with Crippen molar-refractivity contribution in [2.24, 2.45) is 0 Å². The number of aryl methyl sites for hydroxylation is 1. The molecular formula is C13H14O5. The molecule has 0 aliphatic carbocycles. The highest BCUT2D eigenvalue weighted by Crippen LogP contribution is 2.39.